The maximum atomic E-state index is 12.2. The molecule has 1 N–H and O–H groups in total. The Morgan fingerprint density at radius 2 is 1.71 bits per heavy atom. The van der Waals surface area contributed by atoms with Gasteiger partial charge in [-0.25, -0.2) is 4.79 Å². The summed E-state index contributed by atoms with van der Waals surface area (Å²) in [6.07, 6.45) is 0.190. The average molecular weight is 333 g/mol. The summed E-state index contributed by atoms with van der Waals surface area (Å²) in [6.45, 7) is 7.91. The van der Waals surface area contributed by atoms with Crippen molar-refractivity contribution >= 4 is 12.0 Å². The summed E-state index contributed by atoms with van der Waals surface area (Å²) in [5.41, 5.74) is 2.46. The lowest BCUT2D eigenvalue weighted by Gasteiger charge is -2.34. The number of piperazine rings is 1. The van der Waals surface area contributed by atoms with Crippen LogP contribution in [0.15, 0.2) is 24.3 Å². The maximum Gasteiger partial charge on any atom is 0.409 e. The highest BCUT2D eigenvalue weighted by atomic mass is 16.6. The van der Waals surface area contributed by atoms with Crippen LogP contribution in [0.25, 0.3) is 0 Å². The third-order valence-corrected chi connectivity index (χ3v) is 4.12. The van der Waals surface area contributed by atoms with E-state index < -0.39 is 0 Å². The van der Waals surface area contributed by atoms with Gasteiger partial charge in [0.25, 0.3) is 0 Å². The minimum Gasteiger partial charge on any atom is -0.450 e. The molecule has 24 heavy (non-hydrogen) atoms. The van der Waals surface area contributed by atoms with Crippen LogP contribution in [-0.4, -0.2) is 61.1 Å². The van der Waals surface area contributed by atoms with E-state index in [1.54, 1.807) is 11.8 Å². The zero-order valence-electron chi connectivity index (χ0n) is 14.6. The fraction of sp³-hybridized carbons (Fsp3) is 0.556. The quantitative estimate of drug-likeness (QED) is 0.806. The van der Waals surface area contributed by atoms with Crippen LogP contribution in [0.4, 0.5) is 4.79 Å². The monoisotopic (exact) mass is 333 g/mol. The molecule has 1 fully saturated rings. The Morgan fingerprint density at radius 1 is 1.08 bits per heavy atom. The molecule has 1 aliphatic rings. The Morgan fingerprint density at radius 3 is 2.33 bits per heavy atom. The van der Waals surface area contributed by atoms with Gasteiger partial charge in [-0.15, -0.1) is 0 Å². The molecule has 0 aromatic heterocycles. The van der Waals surface area contributed by atoms with E-state index >= 15 is 0 Å². The first kappa shape index (κ1) is 18.3. The van der Waals surface area contributed by atoms with Crippen molar-refractivity contribution in [2.24, 2.45) is 0 Å². The molecule has 0 atom stereocenters. The topological polar surface area (TPSA) is 61.9 Å². The van der Waals surface area contributed by atoms with E-state index in [9.17, 15) is 9.59 Å². The standard InChI is InChI=1S/C18H27N3O3/c1-3-24-18(23)21-12-10-20(11-13-21)17(22)8-9-19-14-16-6-4-15(2)5-7-16/h4-7,19H,3,8-14H2,1-2H3. The van der Waals surface area contributed by atoms with Crippen molar-refractivity contribution in [2.75, 3.05) is 39.3 Å². The van der Waals surface area contributed by atoms with E-state index in [1.807, 2.05) is 4.90 Å². The van der Waals surface area contributed by atoms with Gasteiger partial charge in [-0.2, -0.15) is 0 Å². The Labute approximate surface area is 143 Å². The summed E-state index contributed by atoms with van der Waals surface area (Å²) >= 11 is 0. The zero-order chi connectivity index (χ0) is 17.4. The third kappa shape index (κ3) is 5.53. The Bertz CT molecular complexity index is 537. The number of nitrogens with zero attached hydrogens (tertiary/aromatic N) is 2. The number of benzene rings is 1. The lowest BCUT2D eigenvalue weighted by molar-refractivity contribution is -0.132. The molecule has 0 bridgehead atoms. The fourth-order valence-corrected chi connectivity index (χ4v) is 2.65. The first-order valence-corrected chi connectivity index (χ1v) is 8.56. The van der Waals surface area contributed by atoms with E-state index in [0.717, 1.165) is 6.54 Å². The van der Waals surface area contributed by atoms with Gasteiger partial charge in [-0.1, -0.05) is 29.8 Å². The van der Waals surface area contributed by atoms with Crippen molar-refractivity contribution in [2.45, 2.75) is 26.8 Å². The van der Waals surface area contributed by atoms with Gasteiger partial charge in [-0.3, -0.25) is 4.79 Å². The number of hydrogen-bond acceptors (Lipinski definition) is 4. The molecule has 0 unspecified atom stereocenters. The summed E-state index contributed by atoms with van der Waals surface area (Å²) < 4.78 is 4.98. The van der Waals surface area contributed by atoms with Crippen LogP contribution in [0.3, 0.4) is 0 Å². The Kier molecular flexibility index (Phi) is 7.06. The predicted octanol–water partition coefficient (Wildman–Crippen LogP) is 1.78. The van der Waals surface area contributed by atoms with Crippen molar-refractivity contribution in [3.05, 3.63) is 35.4 Å². The number of amides is 2. The second-order valence-electron chi connectivity index (χ2n) is 5.98. The second-order valence-corrected chi connectivity index (χ2v) is 5.98. The smallest absolute Gasteiger partial charge is 0.409 e. The lowest BCUT2D eigenvalue weighted by atomic mass is 10.1. The maximum absolute atomic E-state index is 12.2. The van der Waals surface area contributed by atoms with E-state index in [2.05, 4.69) is 36.5 Å². The lowest BCUT2D eigenvalue weighted by Crippen LogP contribution is -2.51. The highest BCUT2D eigenvalue weighted by molar-refractivity contribution is 5.77. The Balaban J connectivity index is 1.63. The molecule has 6 nitrogen and oxygen atoms in total. The molecular weight excluding hydrogens is 306 g/mol. The molecule has 2 rings (SSSR count). The molecular formula is C18H27N3O3. The largest absolute Gasteiger partial charge is 0.450 e. The number of nitrogens with one attached hydrogen (secondary N) is 1. The number of aryl methyl sites for hydroxylation is 1. The molecule has 1 aromatic carbocycles. The van der Waals surface area contributed by atoms with Crippen molar-refractivity contribution in [3.8, 4) is 0 Å². The average Bonchev–Trinajstić information content (AvgIpc) is 2.60. The summed E-state index contributed by atoms with van der Waals surface area (Å²) in [5.74, 6) is 0.134. The number of hydrogen-bond donors (Lipinski definition) is 1. The first-order chi connectivity index (χ1) is 11.6. The molecule has 1 aromatic rings. The molecule has 132 valence electrons. The van der Waals surface area contributed by atoms with Gasteiger partial charge in [-0.05, 0) is 19.4 Å². The zero-order valence-corrected chi connectivity index (χ0v) is 14.6. The first-order valence-electron chi connectivity index (χ1n) is 8.56. The highest BCUT2D eigenvalue weighted by Crippen LogP contribution is 2.06. The molecule has 1 saturated heterocycles. The van der Waals surface area contributed by atoms with Gasteiger partial charge in [0.2, 0.25) is 5.91 Å². The molecule has 0 spiro atoms. The van der Waals surface area contributed by atoms with Crippen molar-refractivity contribution in [1.29, 1.82) is 0 Å². The molecule has 0 radical (unpaired) electrons. The summed E-state index contributed by atoms with van der Waals surface area (Å²) in [5, 5.41) is 3.30. The SMILES string of the molecule is CCOC(=O)N1CCN(C(=O)CCNCc2ccc(C)cc2)CC1. The van der Waals surface area contributed by atoms with Crippen molar-refractivity contribution in [3.63, 3.8) is 0 Å². The third-order valence-electron chi connectivity index (χ3n) is 4.12. The van der Waals surface area contributed by atoms with E-state index in [0.29, 0.717) is 45.8 Å². The van der Waals surface area contributed by atoms with Gasteiger partial charge in [0.1, 0.15) is 0 Å². The Hall–Kier alpha value is -2.08. The van der Waals surface area contributed by atoms with Gasteiger partial charge in [0.15, 0.2) is 0 Å². The van der Waals surface area contributed by atoms with E-state index in [4.69, 9.17) is 4.74 Å². The molecule has 0 aliphatic carbocycles. The fourth-order valence-electron chi connectivity index (χ4n) is 2.65. The highest BCUT2D eigenvalue weighted by Gasteiger charge is 2.24. The van der Waals surface area contributed by atoms with Crippen molar-refractivity contribution in [1.82, 2.24) is 15.1 Å². The molecule has 1 aliphatic heterocycles. The van der Waals surface area contributed by atoms with Crippen LogP contribution >= 0.6 is 0 Å². The van der Waals surface area contributed by atoms with Crippen LogP contribution < -0.4 is 5.32 Å². The van der Waals surface area contributed by atoms with E-state index in [1.165, 1.54) is 11.1 Å². The molecule has 0 saturated carbocycles. The van der Waals surface area contributed by atoms with Gasteiger partial charge in [0.05, 0.1) is 6.61 Å². The van der Waals surface area contributed by atoms with Crippen LogP contribution in [-0.2, 0) is 16.1 Å². The minimum absolute atomic E-state index is 0.134. The van der Waals surface area contributed by atoms with Crippen molar-refractivity contribution < 1.29 is 14.3 Å². The molecule has 6 heteroatoms. The summed E-state index contributed by atoms with van der Waals surface area (Å²) in [6, 6.07) is 8.37. The summed E-state index contributed by atoms with van der Waals surface area (Å²) in [4.78, 5) is 27.3. The number of rotatable bonds is 6. The predicted molar refractivity (Wildman–Crippen MR) is 92.7 cm³/mol. The number of carbonyl (C=O) groups excluding carboxylic acids is 2. The normalized spacial score (nSPS) is 14.6. The molecule has 1 heterocycles. The summed E-state index contributed by atoms with van der Waals surface area (Å²) in [7, 11) is 0. The van der Waals surface area contributed by atoms with E-state index in [-0.39, 0.29) is 12.0 Å². The van der Waals surface area contributed by atoms with Gasteiger partial charge in [0, 0.05) is 45.7 Å². The van der Waals surface area contributed by atoms with Crippen LogP contribution in [0.1, 0.15) is 24.5 Å². The molecule has 2 amide bonds. The number of carbonyl (C=O) groups is 2. The van der Waals surface area contributed by atoms with Crippen LogP contribution in [0.5, 0.6) is 0 Å². The van der Waals surface area contributed by atoms with Crippen LogP contribution in [0, 0.1) is 6.92 Å². The van der Waals surface area contributed by atoms with Gasteiger partial charge < -0.3 is 19.9 Å². The van der Waals surface area contributed by atoms with Gasteiger partial charge >= 0.3 is 6.09 Å². The second kappa shape index (κ2) is 9.27. The number of ether oxygens (including phenoxy) is 1. The van der Waals surface area contributed by atoms with Crippen LogP contribution in [0.2, 0.25) is 0 Å². The minimum atomic E-state index is -0.288.